The van der Waals surface area contributed by atoms with Crippen LogP contribution in [0.15, 0.2) is 18.5 Å². The Hall–Kier alpha value is -1.70. The first-order chi connectivity index (χ1) is 12.1. The third kappa shape index (κ3) is 4.29. The lowest BCUT2D eigenvalue weighted by Gasteiger charge is -2.35. The largest absolute Gasteiger partial charge is 0.493 e. The van der Waals surface area contributed by atoms with E-state index in [1.165, 1.54) is 6.33 Å². The maximum Gasteiger partial charge on any atom is 0.163 e. The summed E-state index contributed by atoms with van der Waals surface area (Å²) in [6, 6.07) is 3.60. The van der Waals surface area contributed by atoms with Gasteiger partial charge in [-0.05, 0) is 13.0 Å². The number of rotatable bonds is 6. The van der Waals surface area contributed by atoms with Crippen LogP contribution in [0.1, 0.15) is 6.92 Å². The predicted molar refractivity (Wildman–Crippen MR) is 95.2 cm³/mol. The second-order valence-electron chi connectivity index (χ2n) is 5.98. The molecule has 3 rings (SSSR count). The van der Waals surface area contributed by atoms with Gasteiger partial charge in [0, 0.05) is 44.2 Å². The van der Waals surface area contributed by atoms with E-state index in [4.69, 9.17) is 21.1 Å². The number of hydrogen-bond acceptors (Lipinski definition) is 6. The first kappa shape index (κ1) is 18.1. The molecule has 2 aromatic rings. The Bertz CT molecular complexity index is 723. The number of benzene rings is 1. The van der Waals surface area contributed by atoms with Gasteiger partial charge in [-0.15, -0.1) is 0 Å². The van der Waals surface area contributed by atoms with Crippen LogP contribution in [0.25, 0.3) is 10.9 Å². The highest BCUT2D eigenvalue weighted by atomic mass is 35.5. The minimum atomic E-state index is -0.880. The van der Waals surface area contributed by atoms with Gasteiger partial charge in [0.25, 0.3) is 0 Å². The van der Waals surface area contributed by atoms with Crippen LogP contribution in [0, 0.1) is 0 Å². The number of fused-ring (bicyclic) bond motifs is 1. The van der Waals surface area contributed by atoms with E-state index in [0.29, 0.717) is 28.8 Å². The summed E-state index contributed by atoms with van der Waals surface area (Å²) in [5.41, 5.74) is 0.710. The van der Waals surface area contributed by atoms with Crippen molar-refractivity contribution in [2.24, 2.45) is 0 Å². The van der Waals surface area contributed by atoms with E-state index in [1.807, 2.05) is 11.0 Å². The maximum absolute atomic E-state index is 13.3. The van der Waals surface area contributed by atoms with E-state index in [-0.39, 0.29) is 0 Å². The third-order valence-electron chi connectivity index (χ3n) is 4.45. The van der Waals surface area contributed by atoms with Gasteiger partial charge in [-0.3, -0.25) is 9.80 Å². The minimum Gasteiger partial charge on any atom is -0.493 e. The first-order valence-corrected chi connectivity index (χ1v) is 8.68. The van der Waals surface area contributed by atoms with Crippen LogP contribution in [-0.4, -0.2) is 72.5 Å². The maximum atomic E-state index is 13.3. The van der Waals surface area contributed by atoms with Crippen molar-refractivity contribution in [2.45, 2.75) is 13.2 Å². The fourth-order valence-corrected chi connectivity index (χ4v) is 3.13. The molecule has 1 aliphatic heterocycles. The molecule has 1 unspecified atom stereocenters. The van der Waals surface area contributed by atoms with Gasteiger partial charge >= 0.3 is 0 Å². The Kier molecular flexibility index (Phi) is 5.88. The molecule has 1 aliphatic rings. The molecule has 0 bridgehead atoms. The average molecular weight is 369 g/mol. The Morgan fingerprint density at radius 1 is 1.20 bits per heavy atom. The van der Waals surface area contributed by atoms with Crippen LogP contribution in [0.4, 0.5) is 4.39 Å². The van der Waals surface area contributed by atoms with Crippen molar-refractivity contribution in [3.8, 4) is 11.5 Å². The van der Waals surface area contributed by atoms with Crippen molar-refractivity contribution in [3.63, 3.8) is 0 Å². The summed E-state index contributed by atoms with van der Waals surface area (Å²) in [7, 11) is 1.59. The van der Waals surface area contributed by atoms with Crippen LogP contribution in [0.5, 0.6) is 11.5 Å². The van der Waals surface area contributed by atoms with Crippen LogP contribution in [-0.2, 0) is 0 Å². The standard InChI is InChI=1S/C17H22ClFN4O2/c1-12(19)23-5-3-22(4-6-23)7-8-25-16-10-14-13(9-15(16)24-2)17(18)21-11-20-14/h9-12H,3-8H2,1-2H3. The number of nitrogens with zero attached hydrogens (tertiary/aromatic N) is 4. The van der Waals surface area contributed by atoms with Crippen molar-refractivity contribution < 1.29 is 13.9 Å². The summed E-state index contributed by atoms with van der Waals surface area (Å²) in [6.07, 6.45) is 0.542. The Morgan fingerprint density at radius 2 is 1.96 bits per heavy atom. The highest BCUT2D eigenvalue weighted by molar-refractivity contribution is 6.34. The fraction of sp³-hybridized carbons (Fsp3) is 0.529. The second-order valence-corrected chi connectivity index (χ2v) is 6.34. The molecule has 2 heterocycles. The van der Waals surface area contributed by atoms with Crippen LogP contribution in [0.2, 0.25) is 5.15 Å². The minimum absolute atomic E-state index is 0.384. The van der Waals surface area contributed by atoms with Crippen molar-refractivity contribution in [1.82, 2.24) is 19.8 Å². The molecule has 1 saturated heterocycles. The Morgan fingerprint density at radius 3 is 2.64 bits per heavy atom. The molecule has 0 N–H and O–H groups in total. The van der Waals surface area contributed by atoms with Crippen molar-refractivity contribution in [2.75, 3.05) is 46.4 Å². The molecule has 0 aliphatic carbocycles. The molecule has 1 atom stereocenters. The van der Waals surface area contributed by atoms with Gasteiger partial charge < -0.3 is 9.47 Å². The summed E-state index contributed by atoms with van der Waals surface area (Å²) >= 11 is 6.09. The number of ether oxygens (including phenoxy) is 2. The Balaban J connectivity index is 1.60. The SMILES string of the molecule is COc1cc2c(Cl)ncnc2cc1OCCN1CCN(C(C)F)CC1. The summed E-state index contributed by atoms with van der Waals surface area (Å²) in [6.45, 7) is 6.05. The number of halogens is 2. The Labute approximate surface area is 151 Å². The molecule has 0 amide bonds. The summed E-state index contributed by atoms with van der Waals surface area (Å²) < 4.78 is 24.6. The predicted octanol–water partition coefficient (Wildman–Crippen LogP) is 2.60. The zero-order chi connectivity index (χ0) is 17.8. The van der Waals surface area contributed by atoms with Gasteiger partial charge in [-0.25, -0.2) is 14.4 Å². The normalized spacial score (nSPS) is 17.6. The van der Waals surface area contributed by atoms with Gasteiger partial charge in [-0.1, -0.05) is 11.6 Å². The van der Waals surface area contributed by atoms with E-state index >= 15 is 0 Å². The molecule has 1 fully saturated rings. The lowest BCUT2D eigenvalue weighted by atomic mass is 10.2. The quantitative estimate of drug-likeness (QED) is 0.577. The number of alkyl halides is 1. The van der Waals surface area contributed by atoms with Gasteiger partial charge in [0.15, 0.2) is 17.8 Å². The molecule has 1 aromatic heterocycles. The topological polar surface area (TPSA) is 50.7 Å². The zero-order valence-electron chi connectivity index (χ0n) is 14.4. The molecular formula is C17H22ClFN4O2. The van der Waals surface area contributed by atoms with E-state index in [0.717, 1.165) is 38.1 Å². The number of hydrogen-bond donors (Lipinski definition) is 0. The molecule has 136 valence electrons. The van der Waals surface area contributed by atoms with Crippen LogP contribution < -0.4 is 9.47 Å². The van der Waals surface area contributed by atoms with Crippen LogP contribution in [0.3, 0.4) is 0 Å². The van der Waals surface area contributed by atoms with Crippen LogP contribution >= 0.6 is 11.6 Å². The van der Waals surface area contributed by atoms with Crippen molar-refractivity contribution in [3.05, 3.63) is 23.6 Å². The number of aromatic nitrogens is 2. The molecular weight excluding hydrogens is 347 g/mol. The smallest absolute Gasteiger partial charge is 0.163 e. The lowest BCUT2D eigenvalue weighted by molar-refractivity contribution is 0.0384. The zero-order valence-corrected chi connectivity index (χ0v) is 15.2. The highest BCUT2D eigenvalue weighted by Crippen LogP contribution is 2.33. The first-order valence-electron chi connectivity index (χ1n) is 8.30. The number of methoxy groups -OCH3 is 1. The molecule has 0 radical (unpaired) electrons. The molecule has 8 heteroatoms. The van der Waals surface area contributed by atoms with Gasteiger partial charge in [0.2, 0.25) is 0 Å². The second kappa shape index (κ2) is 8.12. The molecule has 25 heavy (non-hydrogen) atoms. The number of piperazine rings is 1. The molecule has 0 spiro atoms. The summed E-state index contributed by atoms with van der Waals surface area (Å²) in [5.74, 6) is 1.22. The van der Waals surface area contributed by atoms with E-state index in [1.54, 1.807) is 20.1 Å². The monoisotopic (exact) mass is 368 g/mol. The average Bonchev–Trinajstić information content (AvgIpc) is 2.62. The van der Waals surface area contributed by atoms with E-state index < -0.39 is 6.30 Å². The molecule has 6 nitrogen and oxygen atoms in total. The van der Waals surface area contributed by atoms with Gasteiger partial charge in [-0.2, -0.15) is 0 Å². The van der Waals surface area contributed by atoms with E-state index in [2.05, 4.69) is 14.9 Å². The van der Waals surface area contributed by atoms with Crippen molar-refractivity contribution in [1.29, 1.82) is 0 Å². The fourth-order valence-electron chi connectivity index (χ4n) is 2.93. The van der Waals surface area contributed by atoms with Gasteiger partial charge in [0.05, 0.1) is 12.6 Å². The lowest BCUT2D eigenvalue weighted by Crippen LogP contribution is -2.49. The molecule has 0 saturated carbocycles. The summed E-state index contributed by atoms with van der Waals surface area (Å²) in [4.78, 5) is 12.3. The summed E-state index contributed by atoms with van der Waals surface area (Å²) in [5, 5.41) is 1.11. The van der Waals surface area contributed by atoms with Gasteiger partial charge in [0.1, 0.15) is 18.1 Å². The van der Waals surface area contributed by atoms with E-state index in [9.17, 15) is 4.39 Å². The van der Waals surface area contributed by atoms with Crippen molar-refractivity contribution >= 4 is 22.5 Å². The molecule has 1 aromatic carbocycles. The highest BCUT2D eigenvalue weighted by Gasteiger charge is 2.20. The third-order valence-corrected chi connectivity index (χ3v) is 4.75.